The molecule has 2 unspecified atom stereocenters. The molecule has 1 N–H and O–H groups in total. The lowest BCUT2D eigenvalue weighted by Gasteiger charge is -2.13. The van der Waals surface area contributed by atoms with E-state index in [1.54, 1.807) is 0 Å². The van der Waals surface area contributed by atoms with E-state index >= 15 is 0 Å². The molecule has 2 atom stereocenters. The van der Waals surface area contributed by atoms with Gasteiger partial charge in [0.1, 0.15) is 0 Å². The van der Waals surface area contributed by atoms with Gasteiger partial charge in [0.2, 0.25) is 0 Å². The molecule has 0 aliphatic rings. The van der Waals surface area contributed by atoms with Crippen LogP contribution in [0.25, 0.3) is 0 Å². The summed E-state index contributed by atoms with van der Waals surface area (Å²) >= 11 is 0. The van der Waals surface area contributed by atoms with Crippen LogP contribution in [0.3, 0.4) is 0 Å². The molecular formula is C10H17O. The Kier molecular flexibility index (Phi) is 5.97. The summed E-state index contributed by atoms with van der Waals surface area (Å²) in [5.74, 6) is 6.22. The van der Waals surface area contributed by atoms with Crippen molar-refractivity contribution in [2.75, 3.05) is 0 Å². The fourth-order valence-electron chi connectivity index (χ4n) is 0.948. The van der Waals surface area contributed by atoms with E-state index in [4.69, 9.17) is 0 Å². The quantitative estimate of drug-likeness (QED) is 0.615. The fraction of sp³-hybridized carbons (Fsp3) is 0.700. The molecule has 0 aliphatic carbocycles. The molecule has 11 heavy (non-hydrogen) atoms. The lowest BCUT2D eigenvalue weighted by Crippen LogP contribution is -2.14. The van der Waals surface area contributed by atoms with Crippen LogP contribution in [0.4, 0.5) is 0 Å². The van der Waals surface area contributed by atoms with E-state index in [0.717, 1.165) is 12.8 Å². The van der Waals surface area contributed by atoms with Gasteiger partial charge in [0.05, 0.1) is 6.10 Å². The zero-order valence-corrected chi connectivity index (χ0v) is 7.43. The predicted molar refractivity (Wildman–Crippen MR) is 47.8 cm³/mol. The first-order chi connectivity index (χ1) is 5.22. The first kappa shape index (κ1) is 10.5. The van der Waals surface area contributed by atoms with Crippen molar-refractivity contribution in [2.45, 2.75) is 39.2 Å². The average molecular weight is 153 g/mol. The Hall–Kier alpha value is -0.480. The van der Waals surface area contributed by atoms with Gasteiger partial charge in [0, 0.05) is 12.8 Å². The Labute approximate surface area is 69.8 Å². The van der Waals surface area contributed by atoms with Crippen LogP contribution in [0.5, 0.6) is 0 Å². The average Bonchev–Trinajstić information content (AvgIpc) is 1.97. The molecule has 0 saturated carbocycles. The highest BCUT2D eigenvalue weighted by molar-refractivity contribution is 5.00. The summed E-state index contributed by atoms with van der Waals surface area (Å²) in [5.41, 5.74) is 0. The lowest BCUT2D eigenvalue weighted by atomic mass is 9.97. The molecule has 1 heteroatoms. The molecule has 1 nitrogen and oxygen atoms in total. The summed E-state index contributed by atoms with van der Waals surface area (Å²) in [4.78, 5) is 0. The minimum absolute atomic E-state index is 0.237. The molecule has 0 aromatic heterocycles. The van der Waals surface area contributed by atoms with Crippen molar-refractivity contribution >= 4 is 0 Å². The van der Waals surface area contributed by atoms with E-state index in [1.165, 1.54) is 0 Å². The van der Waals surface area contributed by atoms with E-state index in [9.17, 15) is 5.11 Å². The molecule has 1 radical (unpaired) electrons. The Morgan fingerprint density at radius 3 is 2.45 bits per heavy atom. The van der Waals surface area contributed by atoms with Gasteiger partial charge in [-0.2, -0.15) is 0 Å². The molecule has 0 amide bonds. The molecule has 0 aromatic carbocycles. The topological polar surface area (TPSA) is 20.2 Å². The van der Waals surface area contributed by atoms with Crippen LogP contribution >= 0.6 is 0 Å². The standard InChI is InChI=1S/C10H17O/c1-4-6-7-8-10(5-2)9(3)11/h9-11H,1,4-5,8H2,2-3H3. The smallest absolute Gasteiger partial charge is 0.0549 e. The second-order valence-corrected chi connectivity index (χ2v) is 2.72. The summed E-state index contributed by atoms with van der Waals surface area (Å²) in [6.45, 7) is 7.51. The van der Waals surface area contributed by atoms with Crippen LogP contribution < -0.4 is 0 Å². The Bertz CT molecular complexity index is 139. The van der Waals surface area contributed by atoms with Gasteiger partial charge >= 0.3 is 0 Å². The Morgan fingerprint density at radius 2 is 2.09 bits per heavy atom. The van der Waals surface area contributed by atoms with E-state index in [1.807, 2.05) is 6.92 Å². The van der Waals surface area contributed by atoms with Gasteiger partial charge in [0.25, 0.3) is 0 Å². The molecule has 0 heterocycles. The van der Waals surface area contributed by atoms with Crippen molar-refractivity contribution in [1.82, 2.24) is 0 Å². The predicted octanol–water partition coefficient (Wildman–Crippen LogP) is 2.01. The van der Waals surface area contributed by atoms with Gasteiger partial charge in [-0.05, 0) is 26.2 Å². The number of rotatable bonds is 3. The Balaban J connectivity index is 3.69. The van der Waals surface area contributed by atoms with Gasteiger partial charge in [-0.15, -0.1) is 11.8 Å². The molecule has 63 valence electrons. The molecule has 0 aromatic rings. The summed E-state index contributed by atoms with van der Waals surface area (Å²) in [6, 6.07) is 0. The van der Waals surface area contributed by atoms with E-state index < -0.39 is 0 Å². The van der Waals surface area contributed by atoms with Crippen LogP contribution in [0.1, 0.15) is 33.1 Å². The first-order valence-corrected chi connectivity index (χ1v) is 4.15. The maximum Gasteiger partial charge on any atom is 0.0549 e. The van der Waals surface area contributed by atoms with Crippen molar-refractivity contribution in [2.24, 2.45) is 5.92 Å². The minimum atomic E-state index is -0.237. The van der Waals surface area contributed by atoms with Crippen LogP contribution in [0, 0.1) is 24.7 Å². The largest absolute Gasteiger partial charge is 0.393 e. The third-order valence-corrected chi connectivity index (χ3v) is 1.82. The van der Waals surface area contributed by atoms with E-state index in [2.05, 4.69) is 25.7 Å². The molecule has 0 spiro atoms. The minimum Gasteiger partial charge on any atom is -0.393 e. The van der Waals surface area contributed by atoms with Gasteiger partial charge in [-0.3, -0.25) is 0 Å². The number of aliphatic hydroxyl groups is 1. The van der Waals surface area contributed by atoms with Crippen molar-refractivity contribution < 1.29 is 5.11 Å². The summed E-state index contributed by atoms with van der Waals surface area (Å²) < 4.78 is 0. The second kappa shape index (κ2) is 6.24. The maximum absolute atomic E-state index is 9.23. The third kappa shape index (κ3) is 4.86. The van der Waals surface area contributed by atoms with E-state index in [-0.39, 0.29) is 6.10 Å². The summed E-state index contributed by atoms with van der Waals surface area (Å²) in [5, 5.41) is 9.23. The summed E-state index contributed by atoms with van der Waals surface area (Å²) in [7, 11) is 0. The van der Waals surface area contributed by atoms with Crippen molar-refractivity contribution in [3.05, 3.63) is 6.92 Å². The number of hydrogen-bond donors (Lipinski definition) is 1. The highest BCUT2D eigenvalue weighted by Gasteiger charge is 2.09. The van der Waals surface area contributed by atoms with Crippen LogP contribution in [-0.4, -0.2) is 11.2 Å². The highest BCUT2D eigenvalue weighted by atomic mass is 16.3. The molecule has 0 fully saturated rings. The van der Waals surface area contributed by atoms with Crippen LogP contribution in [-0.2, 0) is 0 Å². The first-order valence-electron chi connectivity index (χ1n) is 4.15. The molecule has 0 aliphatic heterocycles. The molecule has 0 saturated heterocycles. The monoisotopic (exact) mass is 153 g/mol. The van der Waals surface area contributed by atoms with Gasteiger partial charge in [-0.25, -0.2) is 0 Å². The van der Waals surface area contributed by atoms with Crippen molar-refractivity contribution in [3.63, 3.8) is 0 Å². The maximum atomic E-state index is 9.23. The number of hydrogen-bond acceptors (Lipinski definition) is 1. The normalized spacial score (nSPS) is 14.9. The highest BCUT2D eigenvalue weighted by Crippen LogP contribution is 2.11. The fourth-order valence-corrected chi connectivity index (χ4v) is 0.948. The van der Waals surface area contributed by atoms with Gasteiger partial charge in [-0.1, -0.05) is 6.92 Å². The summed E-state index contributed by atoms with van der Waals surface area (Å²) in [6.07, 6.45) is 2.21. The lowest BCUT2D eigenvalue weighted by molar-refractivity contribution is 0.125. The van der Waals surface area contributed by atoms with Crippen molar-refractivity contribution in [3.8, 4) is 11.8 Å². The van der Waals surface area contributed by atoms with Crippen LogP contribution in [0.2, 0.25) is 0 Å². The second-order valence-electron chi connectivity index (χ2n) is 2.72. The molecule has 0 rings (SSSR count). The SMILES string of the molecule is [CH2]CC#CCC(CC)C(C)O. The van der Waals surface area contributed by atoms with Crippen LogP contribution in [0.15, 0.2) is 0 Å². The zero-order valence-electron chi connectivity index (χ0n) is 7.43. The van der Waals surface area contributed by atoms with Gasteiger partial charge < -0.3 is 5.11 Å². The number of aliphatic hydroxyl groups excluding tert-OH is 1. The van der Waals surface area contributed by atoms with Crippen molar-refractivity contribution in [1.29, 1.82) is 0 Å². The third-order valence-electron chi connectivity index (χ3n) is 1.82. The van der Waals surface area contributed by atoms with E-state index in [0.29, 0.717) is 12.3 Å². The van der Waals surface area contributed by atoms with Gasteiger partial charge in [0.15, 0.2) is 0 Å². The molecule has 0 bridgehead atoms. The zero-order chi connectivity index (χ0) is 8.69. The Morgan fingerprint density at radius 1 is 1.45 bits per heavy atom. The molecular weight excluding hydrogens is 136 g/mol.